The summed E-state index contributed by atoms with van der Waals surface area (Å²) < 4.78 is 17.1. The first kappa shape index (κ1) is 9.82. The van der Waals surface area contributed by atoms with Gasteiger partial charge in [-0.15, -0.1) is 6.58 Å². The number of hydrogen-bond donors (Lipinski definition) is 0. The Kier molecular flexibility index (Phi) is 2.54. The third-order valence-corrected chi connectivity index (χ3v) is 3.62. The lowest BCUT2D eigenvalue weighted by Gasteiger charge is -2.19. The molecule has 3 heterocycles. The van der Waals surface area contributed by atoms with Crippen LogP contribution in [-0.2, 0) is 14.2 Å². The average Bonchev–Trinajstić information content (AvgIpc) is 2.84. The SMILES string of the molecule is C=C[C@H]1CC[C@H]([C@H]2CC[C@H]([C@H]3CO3)O2)O1. The Morgan fingerprint density at radius 1 is 0.867 bits per heavy atom. The van der Waals surface area contributed by atoms with Crippen LogP contribution in [0.15, 0.2) is 12.7 Å². The molecule has 0 aromatic rings. The summed E-state index contributed by atoms with van der Waals surface area (Å²) in [7, 11) is 0. The van der Waals surface area contributed by atoms with Crippen LogP contribution >= 0.6 is 0 Å². The van der Waals surface area contributed by atoms with Gasteiger partial charge in [-0.2, -0.15) is 0 Å². The number of rotatable bonds is 3. The van der Waals surface area contributed by atoms with Crippen LogP contribution < -0.4 is 0 Å². The highest BCUT2D eigenvalue weighted by molar-refractivity contribution is 4.93. The first-order valence-electron chi connectivity index (χ1n) is 5.92. The Morgan fingerprint density at radius 3 is 2.07 bits per heavy atom. The van der Waals surface area contributed by atoms with Crippen molar-refractivity contribution >= 4 is 0 Å². The van der Waals surface area contributed by atoms with Crippen molar-refractivity contribution in [2.45, 2.75) is 56.2 Å². The van der Waals surface area contributed by atoms with E-state index < -0.39 is 0 Å². The minimum Gasteiger partial charge on any atom is -0.370 e. The Labute approximate surface area is 90.4 Å². The molecule has 0 saturated carbocycles. The van der Waals surface area contributed by atoms with Gasteiger partial charge in [0.05, 0.1) is 31.0 Å². The highest BCUT2D eigenvalue weighted by atomic mass is 16.6. The van der Waals surface area contributed by atoms with Crippen molar-refractivity contribution in [3.8, 4) is 0 Å². The molecule has 5 atom stereocenters. The van der Waals surface area contributed by atoms with E-state index in [4.69, 9.17) is 14.2 Å². The van der Waals surface area contributed by atoms with Crippen LogP contribution in [0.5, 0.6) is 0 Å². The standard InChI is InChI=1S/C12H18O3/c1-2-8-3-4-9(14-8)10-5-6-11(15-10)12-7-13-12/h2,8-12H,1,3-7H2/t8-,9+,10+,11+,12+/m0/s1. The fourth-order valence-electron chi connectivity index (χ4n) is 2.64. The molecule has 3 aliphatic heterocycles. The third-order valence-electron chi connectivity index (χ3n) is 3.62. The van der Waals surface area contributed by atoms with Crippen molar-refractivity contribution in [2.24, 2.45) is 0 Å². The molecular weight excluding hydrogens is 192 g/mol. The van der Waals surface area contributed by atoms with Gasteiger partial charge in [0.15, 0.2) is 0 Å². The Bertz CT molecular complexity index is 249. The van der Waals surface area contributed by atoms with E-state index in [1.54, 1.807) is 0 Å². The fraction of sp³-hybridized carbons (Fsp3) is 0.833. The Balaban J connectivity index is 1.53. The zero-order valence-corrected chi connectivity index (χ0v) is 8.93. The Morgan fingerprint density at radius 2 is 1.47 bits per heavy atom. The van der Waals surface area contributed by atoms with Gasteiger partial charge in [0.1, 0.15) is 6.10 Å². The van der Waals surface area contributed by atoms with Crippen LogP contribution in [0.4, 0.5) is 0 Å². The summed E-state index contributed by atoms with van der Waals surface area (Å²) in [5.41, 5.74) is 0. The molecule has 0 unspecified atom stereocenters. The zero-order chi connectivity index (χ0) is 10.3. The van der Waals surface area contributed by atoms with Gasteiger partial charge in [-0.3, -0.25) is 0 Å². The molecule has 0 aliphatic carbocycles. The molecule has 0 amide bonds. The normalized spacial score (nSPS) is 49.5. The molecule has 0 N–H and O–H groups in total. The number of epoxide rings is 1. The molecule has 3 fully saturated rings. The van der Waals surface area contributed by atoms with Crippen molar-refractivity contribution in [1.82, 2.24) is 0 Å². The lowest BCUT2D eigenvalue weighted by molar-refractivity contribution is -0.0612. The van der Waals surface area contributed by atoms with Crippen LogP contribution in [0.25, 0.3) is 0 Å². The molecule has 15 heavy (non-hydrogen) atoms. The summed E-state index contributed by atoms with van der Waals surface area (Å²) in [6.45, 7) is 4.66. The molecule has 3 rings (SSSR count). The predicted octanol–water partition coefficient (Wildman–Crippen LogP) is 1.67. The summed E-state index contributed by atoms with van der Waals surface area (Å²) in [6, 6.07) is 0. The second kappa shape index (κ2) is 3.89. The molecule has 3 heteroatoms. The van der Waals surface area contributed by atoms with E-state index in [2.05, 4.69) is 6.58 Å². The van der Waals surface area contributed by atoms with Crippen molar-refractivity contribution in [2.75, 3.05) is 6.61 Å². The predicted molar refractivity (Wildman–Crippen MR) is 55.7 cm³/mol. The van der Waals surface area contributed by atoms with E-state index in [0.717, 1.165) is 32.3 Å². The largest absolute Gasteiger partial charge is 0.370 e. The first-order chi connectivity index (χ1) is 7.36. The van der Waals surface area contributed by atoms with Crippen LogP contribution in [-0.4, -0.2) is 37.1 Å². The molecule has 3 aliphatic rings. The summed E-state index contributed by atoms with van der Waals surface area (Å²) in [4.78, 5) is 0. The van der Waals surface area contributed by atoms with Gasteiger partial charge in [0, 0.05) is 0 Å². The molecule has 84 valence electrons. The van der Waals surface area contributed by atoms with Gasteiger partial charge in [-0.25, -0.2) is 0 Å². The maximum Gasteiger partial charge on any atom is 0.107 e. The lowest BCUT2D eigenvalue weighted by Crippen LogP contribution is -2.27. The fourth-order valence-corrected chi connectivity index (χ4v) is 2.64. The van der Waals surface area contributed by atoms with Gasteiger partial charge in [-0.1, -0.05) is 6.08 Å². The van der Waals surface area contributed by atoms with Crippen molar-refractivity contribution in [1.29, 1.82) is 0 Å². The molecule has 0 spiro atoms. The monoisotopic (exact) mass is 210 g/mol. The minimum absolute atomic E-state index is 0.245. The van der Waals surface area contributed by atoms with Crippen LogP contribution in [0, 0.1) is 0 Å². The average molecular weight is 210 g/mol. The van der Waals surface area contributed by atoms with Gasteiger partial charge in [-0.05, 0) is 25.7 Å². The summed E-state index contributed by atoms with van der Waals surface area (Å²) in [5.74, 6) is 0. The minimum atomic E-state index is 0.245. The Hall–Kier alpha value is -0.380. The van der Waals surface area contributed by atoms with Crippen LogP contribution in [0.3, 0.4) is 0 Å². The highest BCUT2D eigenvalue weighted by Gasteiger charge is 2.43. The number of ether oxygens (including phenoxy) is 3. The first-order valence-corrected chi connectivity index (χ1v) is 5.92. The van der Waals surface area contributed by atoms with Gasteiger partial charge >= 0.3 is 0 Å². The summed E-state index contributed by atoms with van der Waals surface area (Å²) in [6.07, 6.45) is 7.91. The second-order valence-electron chi connectivity index (χ2n) is 4.69. The zero-order valence-electron chi connectivity index (χ0n) is 8.93. The molecule has 0 aromatic carbocycles. The smallest absolute Gasteiger partial charge is 0.107 e. The van der Waals surface area contributed by atoms with E-state index >= 15 is 0 Å². The van der Waals surface area contributed by atoms with E-state index in [0.29, 0.717) is 18.3 Å². The van der Waals surface area contributed by atoms with Crippen LogP contribution in [0.2, 0.25) is 0 Å². The quantitative estimate of drug-likeness (QED) is 0.524. The van der Waals surface area contributed by atoms with Crippen molar-refractivity contribution in [3.05, 3.63) is 12.7 Å². The lowest BCUT2D eigenvalue weighted by atomic mass is 10.1. The van der Waals surface area contributed by atoms with Crippen LogP contribution in [0.1, 0.15) is 25.7 Å². The molecule has 3 saturated heterocycles. The topological polar surface area (TPSA) is 31.0 Å². The molecular formula is C12H18O3. The second-order valence-corrected chi connectivity index (χ2v) is 4.69. The van der Waals surface area contributed by atoms with Gasteiger partial charge in [0.2, 0.25) is 0 Å². The van der Waals surface area contributed by atoms with Gasteiger partial charge in [0.25, 0.3) is 0 Å². The molecule has 0 radical (unpaired) electrons. The molecule has 0 aromatic heterocycles. The number of hydrogen-bond acceptors (Lipinski definition) is 3. The highest BCUT2D eigenvalue weighted by Crippen LogP contribution is 2.35. The van der Waals surface area contributed by atoms with Crippen molar-refractivity contribution in [3.63, 3.8) is 0 Å². The van der Waals surface area contributed by atoms with E-state index in [9.17, 15) is 0 Å². The van der Waals surface area contributed by atoms with E-state index in [1.807, 2.05) is 6.08 Å². The summed E-state index contributed by atoms with van der Waals surface area (Å²) in [5, 5.41) is 0. The summed E-state index contributed by atoms with van der Waals surface area (Å²) >= 11 is 0. The van der Waals surface area contributed by atoms with Gasteiger partial charge < -0.3 is 14.2 Å². The maximum atomic E-state index is 5.98. The maximum absolute atomic E-state index is 5.98. The van der Waals surface area contributed by atoms with Crippen molar-refractivity contribution < 1.29 is 14.2 Å². The van der Waals surface area contributed by atoms with E-state index in [1.165, 1.54) is 0 Å². The van der Waals surface area contributed by atoms with E-state index in [-0.39, 0.29) is 12.2 Å². The third kappa shape index (κ3) is 1.96. The molecule has 3 nitrogen and oxygen atoms in total. The molecule has 0 bridgehead atoms.